The number of esters is 1. The molecule has 6 heteroatoms. The molecule has 2 aromatic rings. The van der Waals surface area contributed by atoms with Crippen molar-refractivity contribution in [3.05, 3.63) is 42.0 Å². The zero-order valence-corrected chi connectivity index (χ0v) is 11.5. The van der Waals surface area contributed by atoms with Gasteiger partial charge in [-0.2, -0.15) is 5.10 Å². The molecule has 0 radical (unpaired) electrons. The number of rotatable bonds is 4. The molecule has 1 heterocycles. The number of halogens is 1. The van der Waals surface area contributed by atoms with Crippen LogP contribution in [-0.2, 0) is 9.53 Å². The highest BCUT2D eigenvalue weighted by molar-refractivity contribution is 5.77. The minimum atomic E-state index is -0.427. The summed E-state index contributed by atoms with van der Waals surface area (Å²) in [5.41, 5.74) is 1.21. The number of nitrogens with zero attached hydrogens (tertiary/aromatic N) is 2. The van der Waals surface area contributed by atoms with Crippen LogP contribution in [0, 0.1) is 5.82 Å². The van der Waals surface area contributed by atoms with E-state index in [-0.39, 0.29) is 5.97 Å². The molecule has 0 N–H and O–H groups in total. The van der Waals surface area contributed by atoms with Gasteiger partial charge in [-0.15, -0.1) is 0 Å². The quantitative estimate of drug-likeness (QED) is 0.805. The molecular formula is C14H15FN2O3. The van der Waals surface area contributed by atoms with Crippen LogP contribution >= 0.6 is 0 Å². The summed E-state index contributed by atoms with van der Waals surface area (Å²) in [5.74, 6) is -0.791. The summed E-state index contributed by atoms with van der Waals surface area (Å²) < 4.78 is 24.6. The molecule has 0 fully saturated rings. The van der Waals surface area contributed by atoms with E-state index >= 15 is 0 Å². The van der Waals surface area contributed by atoms with E-state index in [9.17, 15) is 9.18 Å². The van der Waals surface area contributed by atoms with Crippen LogP contribution in [0.2, 0.25) is 0 Å². The summed E-state index contributed by atoms with van der Waals surface area (Å²) in [6.07, 6.45) is 3.22. The highest BCUT2D eigenvalue weighted by Gasteiger charge is 2.17. The van der Waals surface area contributed by atoms with Crippen molar-refractivity contribution in [1.29, 1.82) is 0 Å². The molecule has 0 aliphatic carbocycles. The van der Waals surface area contributed by atoms with Crippen LogP contribution in [0.1, 0.15) is 18.4 Å². The lowest BCUT2D eigenvalue weighted by atomic mass is 10.1. The van der Waals surface area contributed by atoms with E-state index in [1.165, 1.54) is 31.0 Å². The number of aromatic nitrogens is 2. The number of benzene rings is 1. The van der Waals surface area contributed by atoms with Crippen LogP contribution in [0.3, 0.4) is 0 Å². The van der Waals surface area contributed by atoms with Gasteiger partial charge in [0.1, 0.15) is 11.6 Å². The predicted octanol–water partition coefficient (Wildman–Crippen LogP) is 2.30. The maximum atomic E-state index is 13.5. The minimum absolute atomic E-state index is 0.346. The van der Waals surface area contributed by atoms with E-state index in [0.717, 1.165) is 0 Å². The van der Waals surface area contributed by atoms with Crippen LogP contribution in [-0.4, -0.2) is 30.0 Å². The van der Waals surface area contributed by atoms with Crippen molar-refractivity contribution in [3.63, 3.8) is 0 Å². The Labute approximate surface area is 115 Å². The first-order chi connectivity index (χ1) is 9.55. The van der Waals surface area contributed by atoms with E-state index < -0.39 is 11.7 Å². The van der Waals surface area contributed by atoms with Gasteiger partial charge in [-0.05, 0) is 13.0 Å². The standard InChI is InChI=1S/C14H15FN2O3/c1-9(14(18)20-3)10-7-16-17(8-10)12-4-11(15)5-13(6-12)19-2/h4-9H,1-3H3. The summed E-state index contributed by atoms with van der Waals surface area (Å²) in [6, 6.07) is 4.27. The molecule has 1 unspecified atom stereocenters. The molecule has 0 spiro atoms. The van der Waals surface area contributed by atoms with Crippen molar-refractivity contribution in [2.24, 2.45) is 0 Å². The Bertz CT molecular complexity index is 625. The third kappa shape index (κ3) is 2.79. The van der Waals surface area contributed by atoms with Crippen molar-refractivity contribution in [1.82, 2.24) is 9.78 Å². The van der Waals surface area contributed by atoms with Crippen LogP contribution in [0.4, 0.5) is 4.39 Å². The van der Waals surface area contributed by atoms with Gasteiger partial charge in [-0.3, -0.25) is 4.79 Å². The second kappa shape index (κ2) is 5.73. The normalized spacial score (nSPS) is 12.0. The molecule has 2 rings (SSSR count). The number of methoxy groups -OCH3 is 2. The Morgan fingerprint density at radius 3 is 2.75 bits per heavy atom. The molecule has 0 amide bonds. The number of carbonyl (C=O) groups excluding carboxylic acids is 1. The molecule has 0 saturated heterocycles. The molecule has 0 aliphatic rings. The molecular weight excluding hydrogens is 263 g/mol. The van der Waals surface area contributed by atoms with Crippen LogP contribution in [0.5, 0.6) is 5.75 Å². The van der Waals surface area contributed by atoms with Gasteiger partial charge in [0.25, 0.3) is 0 Å². The Kier molecular flexibility index (Phi) is 4.02. The van der Waals surface area contributed by atoms with Crippen LogP contribution in [0.15, 0.2) is 30.6 Å². The fraction of sp³-hybridized carbons (Fsp3) is 0.286. The number of hydrogen-bond acceptors (Lipinski definition) is 4. The van der Waals surface area contributed by atoms with Gasteiger partial charge in [0, 0.05) is 23.9 Å². The molecule has 0 aliphatic heterocycles. The van der Waals surface area contributed by atoms with Crippen molar-refractivity contribution < 1.29 is 18.7 Å². The molecule has 0 bridgehead atoms. The van der Waals surface area contributed by atoms with Crippen molar-refractivity contribution in [2.45, 2.75) is 12.8 Å². The lowest BCUT2D eigenvalue weighted by Crippen LogP contribution is -2.10. The molecule has 0 saturated carbocycles. The van der Waals surface area contributed by atoms with Crippen LogP contribution < -0.4 is 4.74 Å². The minimum Gasteiger partial charge on any atom is -0.497 e. The monoisotopic (exact) mass is 278 g/mol. The predicted molar refractivity (Wildman–Crippen MR) is 70.5 cm³/mol. The zero-order valence-electron chi connectivity index (χ0n) is 11.5. The van der Waals surface area contributed by atoms with Crippen LogP contribution in [0.25, 0.3) is 5.69 Å². The van der Waals surface area contributed by atoms with Crippen molar-refractivity contribution in [3.8, 4) is 11.4 Å². The Balaban J connectivity index is 2.33. The van der Waals surface area contributed by atoms with E-state index in [0.29, 0.717) is 17.0 Å². The molecule has 20 heavy (non-hydrogen) atoms. The van der Waals surface area contributed by atoms with Gasteiger partial charge < -0.3 is 9.47 Å². The largest absolute Gasteiger partial charge is 0.497 e. The van der Waals surface area contributed by atoms with Crippen molar-refractivity contribution in [2.75, 3.05) is 14.2 Å². The summed E-state index contributed by atoms with van der Waals surface area (Å²) >= 11 is 0. The SMILES string of the molecule is COC(=O)C(C)c1cnn(-c2cc(F)cc(OC)c2)c1. The van der Waals surface area contributed by atoms with Gasteiger partial charge in [0.15, 0.2) is 0 Å². The molecule has 1 atom stereocenters. The maximum absolute atomic E-state index is 13.5. The molecule has 1 aromatic carbocycles. The zero-order chi connectivity index (χ0) is 14.7. The molecule has 106 valence electrons. The third-order valence-corrected chi connectivity index (χ3v) is 3.01. The Hall–Kier alpha value is -2.37. The van der Waals surface area contributed by atoms with E-state index in [1.54, 1.807) is 25.4 Å². The lowest BCUT2D eigenvalue weighted by molar-refractivity contribution is -0.141. The first kappa shape index (κ1) is 14.0. The summed E-state index contributed by atoms with van der Waals surface area (Å²) in [4.78, 5) is 11.5. The molecule has 5 nitrogen and oxygen atoms in total. The summed E-state index contributed by atoms with van der Waals surface area (Å²) in [6.45, 7) is 1.72. The number of hydrogen-bond donors (Lipinski definition) is 0. The fourth-order valence-corrected chi connectivity index (χ4v) is 1.81. The van der Waals surface area contributed by atoms with Crippen molar-refractivity contribution >= 4 is 5.97 Å². The van der Waals surface area contributed by atoms with Gasteiger partial charge >= 0.3 is 5.97 Å². The van der Waals surface area contributed by atoms with Gasteiger partial charge in [0.05, 0.1) is 32.0 Å². The topological polar surface area (TPSA) is 53.3 Å². The average molecular weight is 278 g/mol. The molecule has 1 aromatic heterocycles. The van der Waals surface area contributed by atoms with E-state index in [4.69, 9.17) is 4.74 Å². The third-order valence-electron chi connectivity index (χ3n) is 3.01. The van der Waals surface area contributed by atoms with E-state index in [1.807, 2.05) is 0 Å². The second-order valence-corrected chi connectivity index (χ2v) is 4.31. The lowest BCUT2D eigenvalue weighted by Gasteiger charge is -2.06. The highest BCUT2D eigenvalue weighted by Crippen LogP contribution is 2.21. The average Bonchev–Trinajstić information content (AvgIpc) is 2.94. The van der Waals surface area contributed by atoms with Gasteiger partial charge in [-0.1, -0.05) is 0 Å². The highest BCUT2D eigenvalue weighted by atomic mass is 19.1. The Morgan fingerprint density at radius 1 is 1.35 bits per heavy atom. The van der Waals surface area contributed by atoms with Gasteiger partial charge in [-0.25, -0.2) is 9.07 Å². The summed E-state index contributed by atoms with van der Waals surface area (Å²) in [7, 11) is 2.80. The number of carbonyl (C=O) groups is 1. The van der Waals surface area contributed by atoms with E-state index in [2.05, 4.69) is 9.84 Å². The maximum Gasteiger partial charge on any atom is 0.312 e. The smallest absolute Gasteiger partial charge is 0.312 e. The number of ether oxygens (including phenoxy) is 2. The second-order valence-electron chi connectivity index (χ2n) is 4.31. The van der Waals surface area contributed by atoms with Gasteiger partial charge in [0.2, 0.25) is 0 Å². The summed E-state index contributed by atoms with van der Waals surface area (Å²) in [5, 5.41) is 4.13. The fourth-order valence-electron chi connectivity index (χ4n) is 1.81. The Morgan fingerprint density at radius 2 is 2.10 bits per heavy atom. The first-order valence-corrected chi connectivity index (χ1v) is 6.02. The first-order valence-electron chi connectivity index (χ1n) is 6.02.